The summed E-state index contributed by atoms with van der Waals surface area (Å²) in [5, 5.41) is 3.38. The van der Waals surface area contributed by atoms with Gasteiger partial charge in [0.05, 0.1) is 26.2 Å². The molecule has 0 unspecified atom stereocenters. The van der Waals surface area contributed by atoms with Gasteiger partial charge >= 0.3 is 6.18 Å². The van der Waals surface area contributed by atoms with E-state index in [-0.39, 0.29) is 39.6 Å². The van der Waals surface area contributed by atoms with Crippen molar-refractivity contribution in [2.45, 2.75) is 56.4 Å². The first-order valence-electron chi connectivity index (χ1n) is 15.0. The van der Waals surface area contributed by atoms with Crippen molar-refractivity contribution < 1.29 is 31.2 Å². The van der Waals surface area contributed by atoms with Crippen LogP contribution < -0.4 is 9.62 Å². The van der Waals surface area contributed by atoms with E-state index in [2.05, 4.69) is 5.32 Å². The molecule has 7 nitrogen and oxygen atoms in total. The van der Waals surface area contributed by atoms with Gasteiger partial charge in [-0.05, 0) is 66.9 Å². The van der Waals surface area contributed by atoms with E-state index in [0.717, 1.165) is 17.7 Å². The van der Waals surface area contributed by atoms with Gasteiger partial charge in [0.15, 0.2) is 0 Å². The van der Waals surface area contributed by atoms with E-state index < -0.39 is 46.2 Å². The van der Waals surface area contributed by atoms with Crippen molar-refractivity contribution in [1.29, 1.82) is 0 Å². The van der Waals surface area contributed by atoms with Crippen molar-refractivity contribution in [3.05, 3.63) is 130 Å². The molecule has 4 aromatic carbocycles. The van der Waals surface area contributed by atoms with Gasteiger partial charge in [0, 0.05) is 19.0 Å². The van der Waals surface area contributed by atoms with Crippen LogP contribution in [0.5, 0.6) is 0 Å². The number of amides is 2. The Morgan fingerprint density at radius 2 is 1.48 bits per heavy atom. The number of rotatable bonds is 13. The Bertz CT molecular complexity index is 1830. The van der Waals surface area contributed by atoms with E-state index in [4.69, 9.17) is 23.2 Å². The lowest BCUT2D eigenvalue weighted by Gasteiger charge is -2.34. The summed E-state index contributed by atoms with van der Waals surface area (Å²) >= 11 is 12.4. The first kappa shape index (κ1) is 36.8. The van der Waals surface area contributed by atoms with E-state index in [0.29, 0.717) is 22.4 Å². The van der Waals surface area contributed by atoms with Crippen molar-refractivity contribution >= 4 is 50.7 Å². The molecule has 48 heavy (non-hydrogen) atoms. The molecule has 0 aromatic heterocycles. The zero-order chi connectivity index (χ0) is 35.1. The van der Waals surface area contributed by atoms with Crippen LogP contribution in [0.1, 0.15) is 37.0 Å². The number of nitrogens with zero attached hydrogens (tertiary/aromatic N) is 2. The van der Waals surface area contributed by atoms with Crippen molar-refractivity contribution in [1.82, 2.24) is 10.2 Å². The van der Waals surface area contributed by atoms with Crippen molar-refractivity contribution in [3.63, 3.8) is 0 Å². The molecule has 0 aliphatic heterocycles. The van der Waals surface area contributed by atoms with Crippen LogP contribution in [0.3, 0.4) is 0 Å². The number of alkyl halides is 3. The number of hydrogen-bond donors (Lipinski definition) is 1. The molecule has 254 valence electrons. The van der Waals surface area contributed by atoms with E-state index in [1.165, 1.54) is 47.4 Å². The van der Waals surface area contributed by atoms with Crippen LogP contribution in [0.4, 0.5) is 18.9 Å². The van der Waals surface area contributed by atoms with Gasteiger partial charge in [-0.25, -0.2) is 8.42 Å². The molecule has 0 fully saturated rings. The van der Waals surface area contributed by atoms with E-state index in [1.54, 1.807) is 42.5 Å². The monoisotopic (exact) mass is 719 g/mol. The van der Waals surface area contributed by atoms with Gasteiger partial charge in [-0.3, -0.25) is 13.9 Å². The Morgan fingerprint density at radius 3 is 2.08 bits per heavy atom. The zero-order valence-corrected chi connectivity index (χ0v) is 28.5. The summed E-state index contributed by atoms with van der Waals surface area (Å²) < 4.78 is 70.0. The maximum Gasteiger partial charge on any atom is 0.416 e. The number of hydrogen-bond acceptors (Lipinski definition) is 4. The first-order chi connectivity index (χ1) is 22.7. The van der Waals surface area contributed by atoms with Gasteiger partial charge < -0.3 is 10.2 Å². The first-order valence-corrected chi connectivity index (χ1v) is 17.2. The fraction of sp³-hybridized carbons (Fsp3) is 0.257. The van der Waals surface area contributed by atoms with Crippen LogP contribution >= 0.6 is 23.2 Å². The zero-order valence-electron chi connectivity index (χ0n) is 26.1. The predicted octanol–water partition coefficient (Wildman–Crippen LogP) is 7.76. The highest BCUT2D eigenvalue weighted by Crippen LogP contribution is 2.33. The normalized spacial score (nSPS) is 13.0. The number of sulfonamides is 1. The average molecular weight is 721 g/mol. The third kappa shape index (κ3) is 9.30. The van der Waals surface area contributed by atoms with Crippen molar-refractivity contribution in [3.8, 4) is 0 Å². The number of carbonyl (C=O) groups is 2. The molecule has 0 saturated carbocycles. The molecular weight excluding hydrogens is 686 g/mol. The number of benzene rings is 4. The largest absolute Gasteiger partial charge is 0.416 e. The highest BCUT2D eigenvalue weighted by atomic mass is 35.5. The van der Waals surface area contributed by atoms with Crippen LogP contribution in [0.2, 0.25) is 10.0 Å². The number of nitrogens with one attached hydrogen (secondary N) is 1. The lowest BCUT2D eigenvalue weighted by molar-refractivity contribution is -0.140. The third-order valence-electron chi connectivity index (χ3n) is 7.68. The second kappa shape index (κ2) is 15.9. The Labute approximate surface area is 288 Å². The minimum atomic E-state index is -4.78. The number of halogens is 5. The number of carbonyl (C=O) groups excluding carboxylic acids is 2. The molecule has 0 aliphatic rings. The molecule has 0 saturated heterocycles. The third-order valence-corrected chi connectivity index (χ3v) is 10.2. The van der Waals surface area contributed by atoms with E-state index >= 15 is 0 Å². The smallest absolute Gasteiger partial charge is 0.352 e. The lowest BCUT2D eigenvalue weighted by Crippen LogP contribution is -2.54. The summed E-state index contributed by atoms with van der Waals surface area (Å²) in [7, 11) is -4.58. The van der Waals surface area contributed by atoms with Crippen molar-refractivity contribution in [2.75, 3.05) is 10.8 Å². The Hall–Kier alpha value is -4.06. The summed E-state index contributed by atoms with van der Waals surface area (Å²) in [6.45, 7) is 2.59. The Kier molecular flexibility index (Phi) is 12.2. The van der Waals surface area contributed by atoms with Gasteiger partial charge in [-0.1, -0.05) is 90.8 Å². The van der Waals surface area contributed by atoms with E-state index in [9.17, 15) is 31.2 Å². The predicted molar refractivity (Wildman–Crippen MR) is 181 cm³/mol. The standard InChI is InChI=1S/C35H34Cl2F3N3O4S/c1-3-24(2)41-34(45)32(20-25-11-6-4-7-12-25)42(22-26-17-18-30(36)31(37)19-26)33(44)23-43(48(46,47)29-15-8-5-9-16-29)28-14-10-13-27(21-28)35(38,39)40/h4-19,21,24,32H,3,20,22-23H2,1-2H3,(H,41,45)/t24-,32-/m1/s1. The fourth-order valence-electron chi connectivity index (χ4n) is 4.92. The fourth-order valence-corrected chi connectivity index (χ4v) is 6.66. The Morgan fingerprint density at radius 1 is 0.833 bits per heavy atom. The molecule has 4 rings (SSSR count). The molecule has 0 aliphatic carbocycles. The van der Waals surface area contributed by atoms with Crippen molar-refractivity contribution in [2.24, 2.45) is 0 Å². The molecule has 0 bridgehead atoms. The SMILES string of the molecule is CC[C@@H](C)NC(=O)[C@@H](Cc1ccccc1)N(Cc1ccc(Cl)c(Cl)c1)C(=O)CN(c1cccc(C(F)(F)F)c1)S(=O)(=O)c1ccccc1. The molecule has 1 N–H and O–H groups in total. The quantitative estimate of drug-likeness (QED) is 0.153. The highest BCUT2D eigenvalue weighted by Gasteiger charge is 2.36. The van der Waals surface area contributed by atoms with Gasteiger partial charge in [0.25, 0.3) is 10.0 Å². The van der Waals surface area contributed by atoms with Gasteiger partial charge in [0.2, 0.25) is 11.8 Å². The summed E-state index contributed by atoms with van der Waals surface area (Å²) in [6.07, 6.45) is -4.12. The number of anilines is 1. The molecule has 13 heteroatoms. The van der Waals surface area contributed by atoms with Gasteiger partial charge in [-0.15, -0.1) is 0 Å². The van der Waals surface area contributed by atoms with Gasteiger partial charge in [0.1, 0.15) is 12.6 Å². The summed E-state index contributed by atoms with van der Waals surface area (Å²) in [5.74, 6) is -1.32. The lowest BCUT2D eigenvalue weighted by atomic mass is 10.0. The maximum absolute atomic E-state index is 14.5. The summed E-state index contributed by atoms with van der Waals surface area (Å²) in [5.41, 5.74) is -0.257. The topological polar surface area (TPSA) is 86.8 Å². The molecular formula is C35H34Cl2F3N3O4S. The molecule has 2 amide bonds. The maximum atomic E-state index is 14.5. The average Bonchev–Trinajstić information content (AvgIpc) is 3.07. The minimum absolute atomic E-state index is 0.0607. The second-order valence-electron chi connectivity index (χ2n) is 11.2. The molecule has 0 heterocycles. The van der Waals surface area contributed by atoms with E-state index in [1.807, 2.05) is 13.8 Å². The molecule has 0 spiro atoms. The summed E-state index contributed by atoms with van der Waals surface area (Å²) in [4.78, 5) is 29.4. The molecule has 4 aromatic rings. The van der Waals surface area contributed by atoms with Crippen LogP contribution in [-0.4, -0.2) is 43.8 Å². The molecule has 2 atom stereocenters. The Balaban J connectivity index is 1.85. The second-order valence-corrected chi connectivity index (χ2v) is 13.8. The highest BCUT2D eigenvalue weighted by molar-refractivity contribution is 7.92. The minimum Gasteiger partial charge on any atom is -0.352 e. The van der Waals surface area contributed by atoms with Crippen LogP contribution in [0.15, 0.2) is 108 Å². The van der Waals surface area contributed by atoms with Crippen LogP contribution in [-0.2, 0) is 38.8 Å². The van der Waals surface area contributed by atoms with Crippen LogP contribution in [0, 0.1) is 0 Å². The van der Waals surface area contributed by atoms with Crippen LogP contribution in [0.25, 0.3) is 0 Å². The summed E-state index contributed by atoms with van der Waals surface area (Å²) in [6, 6.07) is 23.0. The van der Waals surface area contributed by atoms with Gasteiger partial charge in [-0.2, -0.15) is 13.2 Å². The molecule has 0 radical (unpaired) electrons.